The summed E-state index contributed by atoms with van der Waals surface area (Å²) in [6.07, 6.45) is -4.19. The molecule has 7 nitrogen and oxygen atoms in total. The predicted molar refractivity (Wildman–Crippen MR) is 103 cm³/mol. The topological polar surface area (TPSA) is 85.5 Å². The maximum Gasteiger partial charge on any atom is 0.416 e. The second kappa shape index (κ2) is 9.07. The highest BCUT2D eigenvalue weighted by atomic mass is 19.4. The third-order valence-electron chi connectivity index (χ3n) is 5.70. The molecule has 10 heteroatoms. The highest BCUT2D eigenvalue weighted by molar-refractivity contribution is 5.80. The molecule has 1 saturated heterocycles. The molecule has 2 aromatic rings. The van der Waals surface area contributed by atoms with Crippen molar-refractivity contribution in [3.8, 4) is 0 Å². The van der Waals surface area contributed by atoms with E-state index in [1.807, 2.05) is 0 Å². The van der Waals surface area contributed by atoms with E-state index in [4.69, 9.17) is 4.74 Å². The smallest absolute Gasteiger partial charge is 0.416 e. The minimum absolute atomic E-state index is 0.0125. The van der Waals surface area contributed by atoms with Crippen LogP contribution in [0.25, 0.3) is 0 Å². The number of hydrogen-bond donors (Lipinski definition) is 0. The number of carbonyl (C=O) groups excluding carboxylic acids is 2. The Labute approximate surface area is 177 Å². The molecule has 1 amide bonds. The van der Waals surface area contributed by atoms with Crippen LogP contribution in [0.4, 0.5) is 13.2 Å². The van der Waals surface area contributed by atoms with Gasteiger partial charge in [-0.1, -0.05) is 28.5 Å². The molecule has 3 rings (SSSR count). The van der Waals surface area contributed by atoms with Crippen LogP contribution in [0, 0.1) is 12.3 Å². The molecular formula is C21H24F3N3O4. The van der Waals surface area contributed by atoms with Gasteiger partial charge in [0.1, 0.15) is 11.4 Å². The number of alkyl halides is 3. The van der Waals surface area contributed by atoms with Gasteiger partial charge in [-0.3, -0.25) is 9.59 Å². The second-order valence-electron chi connectivity index (χ2n) is 7.69. The molecular weight excluding hydrogens is 415 g/mol. The summed E-state index contributed by atoms with van der Waals surface area (Å²) in [4.78, 5) is 27.0. The quantitative estimate of drug-likeness (QED) is 0.642. The minimum atomic E-state index is -4.52. The van der Waals surface area contributed by atoms with Gasteiger partial charge < -0.3 is 9.64 Å². The number of rotatable bonds is 6. The van der Waals surface area contributed by atoms with Crippen LogP contribution < -0.4 is 0 Å². The summed E-state index contributed by atoms with van der Waals surface area (Å²) in [5, 5.41) is 7.35. The lowest BCUT2D eigenvalue weighted by molar-refractivity contribution is -0.160. The first kappa shape index (κ1) is 22.8. The molecule has 0 spiro atoms. The van der Waals surface area contributed by atoms with Gasteiger partial charge in [0, 0.05) is 13.1 Å². The summed E-state index contributed by atoms with van der Waals surface area (Å²) >= 11 is 0. The molecule has 1 aliphatic heterocycles. The monoisotopic (exact) mass is 439 g/mol. The van der Waals surface area contributed by atoms with Crippen molar-refractivity contribution in [3.05, 3.63) is 46.8 Å². The molecule has 2 heterocycles. The first-order valence-electron chi connectivity index (χ1n) is 10.0. The minimum Gasteiger partial charge on any atom is -0.466 e. The fourth-order valence-electron chi connectivity index (χ4n) is 3.90. The van der Waals surface area contributed by atoms with Crippen molar-refractivity contribution in [1.82, 2.24) is 15.2 Å². The number of nitrogens with zero attached hydrogens (tertiary/aromatic N) is 3. The highest BCUT2D eigenvalue weighted by Gasteiger charge is 2.45. The number of halogens is 3. The predicted octanol–water partition coefficient (Wildman–Crippen LogP) is 3.35. The molecule has 0 saturated carbocycles. The summed E-state index contributed by atoms with van der Waals surface area (Å²) in [5.74, 6) is -0.734. The van der Waals surface area contributed by atoms with Gasteiger partial charge in [-0.2, -0.15) is 13.2 Å². The van der Waals surface area contributed by atoms with Crippen molar-refractivity contribution >= 4 is 11.9 Å². The fourth-order valence-corrected chi connectivity index (χ4v) is 3.90. The Morgan fingerprint density at radius 3 is 2.45 bits per heavy atom. The number of amides is 1. The van der Waals surface area contributed by atoms with Gasteiger partial charge in [-0.15, -0.1) is 0 Å². The standard InChI is InChI=1S/C21H24F3N3O4/c1-3-30-19(29)20(13-15-6-4-5-7-16(15)21(22,23)24)8-10-27(11-9-20)18(28)12-17-14(2)25-31-26-17/h4-7H,3,8-13H2,1-2H3. The van der Waals surface area contributed by atoms with E-state index in [9.17, 15) is 22.8 Å². The number of likely N-dealkylation sites (tertiary alicyclic amines) is 1. The van der Waals surface area contributed by atoms with Gasteiger partial charge in [0.25, 0.3) is 0 Å². The Balaban J connectivity index is 1.78. The normalized spacial score (nSPS) is 16.2. The molecule has 31 heavy (non-hydrogen) atoms. The molecule has 0 aliphatic carbocycles. The van der Waals surface area contributed by atoms with Crippen molar-refractivity contribution < 1.29 is 32.1 Å². The number of ether oxygens (including phenoxy) is 1. The lowest BCUT2D eigenvalue weighted by Crippen LogP contribution is -2.48. The highest BCUT2D eigenvalue weighted by Crippen LogP contribution is 2.40. The zero-order valence-corrected chi connectivity index (χ0v) is 17.4. The van der Waals surface area contributed by atoms with Crippen molar-refractivity contribution in [2.75, 3.05) is 19.7 Å². The second-order valence-corrected chi connectivity index (χ2v) is 7.69. The lowest BCUT2D eigenvalue weighted by atomic mass is 9.73. The van der Waals surface area contributed by atoms with E-state index in [2.05, 4.69) is 14.9 Å². The number of carbonyl (C=O) groups is 2. The maximum atomic E-state index is 13.5. The number of benzene rings is 1. The first-order chi connectivity index (χ1) is 14.7. The summed E-state index contributed by atoms with van der Waals surface area (Å²) < 4.78 is 50.2. The SMILES string of the molecule is CCOC(=O)C1(Cc2ccccc2C(F)(F)F)CCN(C(=O)Cc2nonc2C)CC1. The van der Waals surface area contributed by atoms with Crippen molar-refractivity contribution in [2.45, 2.75) is 45.7 Å². The molecule has 0 bridgehead atoms. The van der Waals surface area contributed by atoms with Gasteiger partial charge in [0.15, 0.2) is 0 Å². The molecule has 168 valence electrons. The zero-order valence-electron chi connectivity index (χ0n) is 17.4. The summed E-state index contributed by atoms with van der Waals surface area (Å²) in [6, 6.07) is 5.25. The van der Waals surface area contributed by atoms with Crippen molar-refractivity contribution in [2.24, 2.45) is 5.41 Å². The van der Waals surface area contributed by atoms with Crippen LogP contribution in [0.5, 0.6) is 0 Å². The number of aromatic nitrogens is 2. The molecule has 1 aromatic heterocycles. The maximum absolute atomic E-state index is 13.5. The van der Waals surface area contributed by atoms with Crippen LogP contribution in [0.15, 0.2) is 28.9 Å². The molecule has 0 N–H and O–H groups in total. The van der Waals surface area contributed by atoms with Crippen LogP contribution in [0.3, 0.4) is 0 Å². The lowest BCUT2D eigenvalue weighted by Gasteiger charge is -2.40. The van der Waals surface area contributed by atoms with Crippen LogP contribution in [0.2, 0.25) is 0 Å². The zero-order chi connectivity index (χ0) is 22.6. The van der Waals surface area contributed by atoms with E-state index in [1.165, 1.54) is 18.2 Å². The van der Waals surface area contributed by atoms with Crippen molar-refractivity contribution in [3.63, 3.8) is 0 Å². The van der Waals surface area contributed by atoms with Gasteiger partial charge >= 0.3 is 12.1 Å². The van der Waals surface area contributed by atoms with Crippen LogP contribution in [0.1, 0.15) is 42.3 Å². The third-order valence-corrected chi connectivity index (χ3v) is 5.70. The van der Waals surface area contributed by atoms with E-state index in [0.29, 0.717) is 11.4 Å². The average molecular weight is 439 g/mol. The Morgan fingerprint density at radius 2 is 1.87 bits per heavy atom. The van der Waals surface area contributed by atoms with Gasteiger partial charge in [0.2, 0.25) is 5.91 Å². The van der Waals surface area contributed by atoms with Gasteiger partial charge in [-0.05, 0) is 44.7 Å². The van der Waals surface area contributed by atoms with Crippen molar-refractivity contribution in [1.29, 1.82) is 0 Å². The Kier molecular flexibility index (Phi) is 6.66. The number of aryl methyl sites for hydroxylation is 1. The summed E-state index contributed by atoms with van der Waals surface area (Å²) in [6.45, 7) is 3.93. The van der Waals surface area contributed by atoms with Gasteiger partial charge in [0.05, 0.1) is 24.0 Å². The number of piperidine rings is 1. The molecule has 0 unspecified atom stereocenters. The molecule has 0 atom stereocenters. The Morgan fingerprint density at radius 1 is 1.19 bits per heavy atom. The van der Waals surface area contributed by atoms with E-state index < -0.39 is 23.1 Å². The summed E-state index contributed by atoms with van der Waals surface area (Å²) in [7, 11) is 0. The van der Waals surface area contributed by atoms with Crippen LogP contribution >= 0.6 is 0 Å². The van der Waals surface area contributed by atoms with E-state index in [1.54, 1.807) is 18.7 Å². The Hall–Kier alpha value is -2.91. The fraction of sp³-hybridized carbons (Fsp3) is 0.524. The van der Waals surface area contributed by atoms with Crippen LogP contribution in [-0.4, -0.2) is 46.8 Å². The molecule has 1 aromatic carbocycles. The first-order valence-corrected chi connectivity index (χ1v) is 10.0. The molecule has 1 aliphatic rings. The molecule has 1 fully saturated rings. The van der Waals surface area contributed by atoms with E-state index in [0.717, 1.165) is 6.07 Å². The third kappa shape index (κ3) is 5.05. The summed E-state index contributed by atoms with van der Waals surface area (Å²) in [5.41, 5.74) is -0.876. The number of hydrogen-bond acceptors (Lipinski definition) is 6. The van der Waals surface area contributed by atoms with Gasteiger partial charge in [-0.25, -0.2) is 4.63 Å². The van der Waals surface area contributed by atoms with E-state index >= 15 is 0 Å². The van der Waals surface area contributed by atoms with E-state index in [-0.39, 0.29) is 56.9 Å². The average Bonchev–Trinajstić information content (AvgIpc) is 3.12. The van der Waals surface area contributed by atoms with Crippen LogP contribution in [-0.2, 0) is 33.3 Å². The molecule has 0 radical (unpaired) electrons. The Bertz CT molecular complexity index is 934. The number of esters is 1. The largest absolute Gasteiger partial charge is 0.466 e.